The van der Waals surface area contributed by atoms with Gasteiger partial charge in [-0.2, -0.15) is 5.26 Å². The molecule has 0 amide bonds. The molecule has 2 heterocycles. The highest BCUT2D eigenvalue weighted by Gasteiger charge is 2.24. The van der Waals surface area contributed by atoms with Gasteiger partial charge >= 0.3 is 0 Å². The molecule has 230 valence electrons. The Hall–Kier alpha value is -6.57. The van der Waals surface area contributed by atoms with Crippen molar-refractivity contribution in [3.63, 3.8) is 0 Å². The molecule has 4 heteroatoms. The third-order valence-electron chi connectivity index (χ3n) is 9.57. The van der Waals surface area contributed by atoms with E-state index in [1.807, 2.05) is 48.7 Å². The summed E-state index contributed by atoms with van der Waals surface area (Å²) in [4.78, 5) is 9.32. The summed E-state index contributed by atoms with van der Waals surface area (Å²) in [5.74, 6) is 0.847. The number of pyridine rings is 1. The molecule has 0 radical (unpaired) electrons. The summed E-state index contributed by atoms with van der Waals surface area (Å²) in [5.41, 5.74) is 14.5. The van der Waals surface area contributed by atoms with E-state index in [-0.39, 0.29) is 5.92 Å². The van der Waals surface area contributed by atoms with Crippen LogP contribution < -0.4 is 0 Å². The van der Waals surface area contributed by atoms with Gasteiger partial charge in [0.1, 0.15) is 5.52 Å². The Balaban J connectivity index is 1.04. The van der Waals surface area contributed by atoms with Gasteiger partial charge in [0.15, 0.2) is 5.58 Å². The molecule has 8 aromatic rings. The van der Waals surface area contributed by atoms with Crippen molar-refractivity contribution >= 4 is 27.6 Å². The molecule has 0 saturated carbocycles. The third-order valence-corrected chi connectivity index (χ3v) is 9.57. The predicted molar refractivity (Wildman–Crippen MR) is 197 cm³/mol. The Morgan fingerprint density at radius 1 is 0.633 bits per heavy atom. The minimum atomic E-state index is 0.215. The molecule has 4 nitrogen and oxygen atoms in total. The van der Waals surface area contributed by atoms with E-state index in [0.29, 0.717) is 11.5 Å². The van der Waals surface area contributed by atoms with Crippen LogP contribution in [0.4, 0.5) is 0 Å². The Bertz CT molecular complexity index is 2550. The van der Waals surface area contributed by atoms with Crippen LogP contribution in [0.5, 0.6) is 0 Å². The smallest absolute Gasteiger partial charge is 0.227 e. The van der Waals surface area contributed by atoms with Gasteiger partial charge in [-0.1, -0.05) is 103 Å². The largest absolute Gasteiger partial charge is 0.436 e. The third kappa shape index (κ3) is 5.19. The number of para-hydroxylation sites is 3. The molecular formula is C45H29N3O. The number of hydrogen-bond acceptors (Lipinski definition) is 4. The summed E-state index contributed by atoms with van der Waals surface area (Å²) in [6, 6.07) is 52.6. The molecule has 0 fully saturated rings. The maximum atomic E-state index is 10.1. The monoisotopic (exact) mass is 627 g/mol. The zero-order valence-electron chi connectivity index (χ0n) is 26.5. The fourth-order valence-electron chi connectivity index (χ4n) is 7.16. The molecule has 0 saturated heterocycles. The summed E-state index contributed by atoms with van der Waals surface area (Å²) >= 11 is 0. The second kappa shape index (κ2) is 11.9. The van der Waals surface area contributed by atoms with Crippen molar-refractivity contribution in [3.8, 4) is 39.8 Å². The number of benzene rings is 6. The summed E-state index contributed by atoms with van der Waals surface area (Å²) in [7, 11) is 0. The first kappa shape index (κ1) is 28.6. The van der Waals surface area contributed by atoms with Crippen LogP contribution in [0.2, 0.25) is 0 Å². The molecule has 49 heavy (non-hydrogen) atoms. The van der Waals surface area contributed by atoms with Crippen LogP contribution in [0.1, 0.15) is 40.2 Å². The molecular weight excluding hydrogens is 599 g/mol. The van der Waals surface area contributed by atoms with E-state index < -0.39 is 0 Å². The number of allylic oxidation sites excluding steroid dienone is 1. The van der Waals surface area contributed by atoms with E-state index in [4.69, 9.17) is 4.42 Å². The number of fused-ring (bicyclic) bond motifs is 3. The topological polar surface area (TPSA) is 62.7 Å². The molecule has 6 aromatic carbocycles. The maximum absolute atomic E-state index is 10.1. The lowest BCUT2D eigenvalue weighted by Crippen LogP contribution is -2.09. The average molecular weight is 628 g/mol. The molecule has 0 N–H and O–H groups in total. The number of nitriles is 1. The molecule has 0 aliphatic heterocycles. The van der Waals surface area contributed by atoms with Gasteiger partial charge in [0, 0.05) is 28.6 Å². The number of hydrogen-bond donors (Lipinski definition) is 0. The quantitative estimate of drug-likeness (QED) is 0.190. The lowest BCUT2D eigenvalue weighted by Gasteiger charge is -2.27. The molecule has 0 bridgehead atoms. The van der Waals surface area contributed by atoms with Gasteiger partial charge in [-0.05, 0) is 99.5 Å². The maximum Gasteiger partial charge on any atom is 0.227 e. The van der Waals surface area contributed by atoms with Gasteiger partial charge in [-0.3, -0.25) is 4.98 Å². The van der Waals surface area contributed by atoms with Crippen LogP contribution in [0.3, 0.4) is 0 Å². The Morgan fingerprint density at radius 3 is 2.22 bits per heavy atom. The zero-order valence-corrected chi connectivity index (χ0v) is 26.5. The van der Waals surface area contributed by atoms with Crippen LogP contribution in [0.15, 0.2) is 162 Å². The lowest BCUT2D eigenvalue weighted by atomic mass is 9.77. The van der Waals surface area contributed by atoms with Crippen LogP contribution in [0, 0.1) is 11.3 Å². The minimum absolute atomic E-state index is 0.215. The zero-order chi connectivity index (χ0) is 32.7. The second-order valence-corrected chi connectivity index (χ2v) is 12.5. The van der Waals surface area contributed by atoms with E-state index in [0.717, 1.165) is 67.4 Å². The first-order valence-corrected chi connectivity index (χ1v) is 16.5. The standard InChI is InChI=1S/C45H29N3O/c46-28-29-25-35(30-14-16-32(17-15-30)39-11-5-7-33-8-6-24-47-44(33)39)27-36(26-29)38-23-22-37(40-9-1-2-10-41(38)40)31-18-20-34(21-19-31)45-48-42-12-3-4-13-43(42)49-45/h1-21,23-27,37H,22H2. The van der Waals surface area contributed by atoms with Gasteiger partial charge in [-0.15, -0.1) is 0 Å². The summed E-state index contributed by atoms with van der Waals surface area (Å²) < 4.78 is 6.01. The van der Waals surface area contributed by atoms with Crippen molar-refractivity contribution in [2.24, 2.45) is 0 Å². The van der Waals surface area contributed by atoms with Gasteiger partial charge in [-0.25, -0.2) is 4.98 Å². The van der Waals surface area contributed by atoms with Crippen LogP contribution in [-0.4, -0.2) is 9.97 Å². The van der Waals surface area contributed by atoms with Crippen molar-refractivity contribution in [2.75, 3.05) is 0 Å². The number of nitrogens with zero attached hydrogens (tertiary/aromatic N) is 3. The van der Waals surface area contributed by atoms with Gasteiger partial charge in [0.25, 0.3) is 0 Å². The minimum Gasteiger partial charge on any atom is -0.436 e. The van der Waals surface area contributed by atoms with Crippen molar-refractivity contribution in [3.05, 3.63) is 186 Å². The fraction of sp³-hybridized carbons (Fsp3) is 0.0444. The fourth-order valence-corrected chi connectivity index (χ4v) is 7.16. The molecule has 1 atom stereocenters. The number of aromatic nitrogens is 2. The highest BCUT2D eigenvalue weighted by Crippen LogP contribution is 2.42. The molecule has 1 aliphatic carbocycles. The van der Waals surface area contributed by atoms with Crippen LogP contribution in [-0.2, 0) is 0 Å². The SMILES string of the molecule is N#Cc1cc(C2=CCC(c3ccc(-c4nc5ccccc5o4)cc3)c3ccccc32)cc(-c2ccc(-c3cccc4cccnc34)cc2)c1. The van der Waals surface area contributed by atoms with Crippen molar-refractivity contribution in [2.45, 2.75) is 12.3 Å². The normalized spacial score (nSPS) is 13.9. The number of oxazole rings is 1. The Morgan fingerprint density at radius 2 is 1.37 bits per heavy atom. The summed E-state index contributed by atoms with van der Waals surface area (Å²) in [6.07, 6.45) is 5.03. The average Bonchev–Trinajstić information content (AvgIpc) is 3.62. The lowest BCUT2D eigenvalue weighted by molar-refractivity contribution is 0.620. The molecule has 1 aliphatic rings. The van der Waals surface area contributed by atoms with E-state index in [9.17, 15) is 5.26 Å². The summed E-state index contributed by atoms with van der Waals surface area (Å²) in [6.45, 7) is 0. The van der Waals surface area contributed by atoms with Gasteiger partial charge in [0.2, 0.25) is 5.89 Å². The van der Waals surface area contributed by atoms with E-state index >= 15 is 0 Å². The second-order valence-electron chi connectivity index (χ2n) is 12.5. The van der Waals surface area contributed by atoms with Crippen LogP contribution in [0.25, 0.3) is 61.3 Å². The Labute approximate surface area is 284 Å². The van der Waals surface area contributed by atoms with Gasteiger partial charge in [0.05, 0.1) is 17.1 Å². The van der Waals surface area contributed by atoms with E-state index in [2.05, 4.69) is 125 Å². The molecule has 0 spiro atoms. The molecule has 9 rings (SSSR count). The van der Waals surface area contributed by atoms with Crippen molar-refractivity contribution < 1.29 is 4.42 Å². The molecule has 1 unspecified atom stereocenters. The highest BCUT2D eigenvalue weighted by molar-refractivity contribution is 5.94. The first-order chi connectivity index (χ1) is 24.2. The number of rotatable bonds is 5. The predicted octanol–water partition coefficient (Wildman–Crippen LogP) is 11.2. The highest BCUT2D eigenvalue weighted by atomic mass is 16.3. The van der Waals surface area contributed by atoms with Gasteiger partial charge < -0.3 is 4.42 Å². The summed E-state index contributed by atoms with van der Waals surface area (Å²) in [5, 5.41) is 11.2. The first-order valence-electron chi connectivity index (χ1n) is 16.5. The Kier molecular flexibility index (Phi) is 6.96. The van der Waals surface area contributed by atoms with Crippen LogP contribution >= 0.6 is 0 Å². The van der Waals surface area contributed by atoms with Crippen molar-refractivity contribution in [1.82, 2.24) is 9.97 Å². The van der Waals surface area contributed by atoms with E-state index in [1.54, 1.807) is 0 Å². The molecule has 2 aromatic heterocycles. The van der Waals surface area contributed by atoms with E-state index in [1.165, 1.54) is 16.7 Å². The van der Waals surface area contributed by atoms with Crippen molar-refractivity contribution in [1.29, 1.82) is 5.26 Å².